The number of ether oxygens (including phenoxy) is 1. The van der Waals surface area contributed by atoms with Crippen molar-refractivity contribution in [3.8, 4) is 5.75 Å². The van der Waals surface area contributed by atoms with Gasteiger partial charge in [-0.1, -0.05) is 30.3 Å². The number of rotatable bonds is 3. The van der Waals surface area contributed by atoms with E-state index in [-0.39, 0.29) is 0 Å². The Morgan fingerprint density at radius 3 is 2.64 bits per heavy atom. The molecule has 0 aliphatic carbocycles. The maximum atomic E-state index is 5.33. The predicted molar refractivity (Wildman–Crippen MR) is 54.5 cm³/mol. The summed E-state index contributed by atoms with van der Waals surface area (Å²) in [6.07, 6.45) is 2.43. The summed E-state index contributed by atoms with van der Waals surface area (Å²) in [5.74, 6) is 1.70. The second-order valence-electron chi connectivity index (χ2n) is 3.12. The average molecular weight is 188 g/mol. The van der Waals surface area contributed by atoms with Gasteiger partial charge in [-0.25, -0.2) is 0 Å². The van der Waals surface area contributed by atoms with E-state index in [1.165, 1.54) is 5.56 Å². The van der Waals surface area contributed by atoms with Gasteiger partial charge in [0, 0.05) is 12.5 Å². The molecule has 0 spiro atoms. The van der Waals surface area contributed by atoms with Crippen molar-refractivity contribution < 1.29 is 9.15 Å². The summed E-state index contributed by atoms with van der Waals surface area (Å²) in [6, 6.07) is 12.1. The van der Waals surface area contributed by atoms with Crippen LogP contribution in [0.5, 0.6) is 5.75 Å². The van der Waals surface area contributed by atoms with Gasteiger partial charge in [0.05, 0.1) is 7.11 Å². The van der Waals surface area contributed by atoms with Gasteiger partial charge >= 0.3 is 0 Å². The predicted octanol–water partition coefficient (Wildman–Crippen LogP) is 2.88. The Bertz CT molecular complexity index is 390. The van der Waals surface area contributed by atoms with Gasteiger partial charge < -0.3 is 9.15 Å². The standard InChI is InChI=1S/C12H12O2/c1-13-12-8-11(14-9-12)7-10-5-3-2-4-6-10/h2-6,8-9H,7H2,1H3. The summed E-state index contributed by atoms with van der Waals surface area (Å²) >= 11 is 0. The van der Waals surface area contributed by atoms with Gasteiger partial charge in [0.2, 0.25) is 0 Å². The Morgan fingerprint density at radius 2 is 2.00 bits per heavy atom. The number of furan rings is 1. The Balaban J connectivity index is 2.11. The van der Waals surface area contributed by atoms with Crippen molar-refractivity contribution in [1.29, 1.82) is 0 Å². The highest BCUT2D eigenvalue weighted by Gasteiger charge is 2.01. The molecule has 0 unspecified atom stereocenters. The van der Waals surface area contributed by atoms with Crippen LogP contribution >= 0.6 is 0 Å². The molecule has 2 heteroatoms. The first-order chi connectivity index (χ1) is 6.88. The second-order valence-corrected chi connectivity index (χ2v) is 3.12. The summed E-state index contributed by atoms with van der Waals surface area (Å²) in [5, 5.41) is 0. The van der Waals surface area contributed by atoms with Crippen molar-refractivity contribution in [3.05, 3.63) is 54.0 Å². The first-order valence-corrected chi connectivity index (χ1v) is 4.54. The Morgan fingerprint density at radius 1 is 1.21 bits per heavy atom. The summed E-state index contributed by atoms with van der Waals surface area (Å²) in [5.41, 5.74) is 1.24. The first-order valence-electron chi connectivity index (χ1n) is 4.54. The normalized spacial score (nSPS) is 10.1. The van der Waals surface area contributed by atoms with Crippen LogP contribution in [0, 0.1) is 0 Å². The molecule has 0 aliphatic heterocycles. The topological polar surface area (TPSA) is 22.4 Å². The van der Waals surface area contributed by atoms with E-state index in [0.29, 0.717) is 0 Å². The molecule has 0 atom stereocenters. The summed E-state index contributed by atoms with van der Waals surface area (Å²) in [6.45, 7) is 0. The SMILES string of the molecule is COc1coc(Cc2ccccc2)c1. The van der Waals surface area contributed by atoms with Crippen LogP contribution in [-0.4, -0.2) is 7.11 Å². The van der Waals surface area contributed by atoms with Crippen molar-refractivity contribution in [2.45, 2.75) is 6.42 Å². The van der Waals surface area contributed by atoms with E-state index in [4.69, 9.17) is 9.15 Å². The highest BCUT2D eigenvalue weighted by atomic mass is 16.5. The molecule has 0 fully saturated rings. The third-order valence-corrected chi connectivity index (χ3v) is 2.09. The molecule has 0 N–H and O–H groups in total. The lowest BCUT2D eigenvalue weighted by molar-refractivity contribution is 0.404. The largest absolute Gasteiger partial charge is 0.493 e. The van der Waals surface area contributed by atoms with Gasteiger partial charge in [-0.05, 0) is 5.56 Å². The van der Waals surface area contributed by atoms with Gasteiger partial charge in [0.25, 0.3) is 0 Å². The lowest BCUT2D eigenvalue weighted by atomic mass is 10.1. The smallest absolute Gasteiger partial charge is 0.157 e. The van der Waals surface area contributed by atoms with E-state index in [1.807, 2.05) is 24.3 Å². The molecule has 0 bridgehead atoms. The van der Waals surface area contributed by atoms with Crippen LogP contribution < -0.4 is 4.74 Å². The van der Waals surface area contributed by atoms with E-state index < -0.39 is 0 Å². The third-order valence-electron chi connectivity index (χ3n) is 2.09. The molecular formula is C12H12O2. The molecule has 1 aromatic carbocycles. The zero-order valence-corrected chi connectivity index (χ0v) is 8.07. The molecule has 0 saturated heterocycles. The van der Waals surface area contributed by atoms with Gasteiger partial charge in [-0.2, -0.15) is 0 Å². The molecule has 0 saturated carbocycles. The minimum absolute atomic E-state index is 0.774. The average Bonchev–Trinajstić information content (AvgIpc) is 2.67. The zero-order valence-electron chi connectivity index (χ0n) is 8.07. The third kappa shape index (κ3) is 1.96. The van der Waals surface area contributed by atoms with E-state index >= 15 is 0 Å². The molecule has 72 valence electrons. The highest BCUT2D eigenvalue weighted by Crippen LogP contribution is 2.17. The molecule has 1 aromatic heterocycles. The molecule has 0 radical (unpaired) electrons. The Hall–Kier alpha value is -1.70. The molecule has 1 heterocycles. The van der Waals surface area contributed by atoms with E-state index in [1.54, 1.807) is 13.4 Å². The van der Waals surface area contributed by atoms with E-state index in [2.05, 4.69) is 12.1 Å². The second kappa shape index (κ2) is 4.01. The minimum atomic E-state index is 0.774. The summed E-state index contributed by atoms with van der Waals surface area (Å²) in [7, 11) is 1.64. The molecule has 2 nitrogen and oxygen atoms in total. The lowest BCUT2D eigenvalue weighted by Gasteiger charge is -1.95. The van der Waals surface area contributed by atoms with Crippen LogP contribution in [-0.2, 0) is 6.42 Å². The van der Waals surface area contributed by atoms with Gasteiger partial charge in [0.15, 0.2) is 5.75 Å². The monoisotopic (exact) mass is 188 g/mol. The quantitative estimate of drug-likeness (QED) is 0.739. The molecule has 0 aliphatic rings. The number of benzene rings is 1. The summed E-state index contributed by atoms with van der Waals surface area (Å²) in [4.78, 5) is 0. The number of hydrogen-bond donors (Lipinski definition) is 0. The zero-order chi connectivity index (χ0) is 9.80. The van der Waals surface area contributed by atoms with Crippen molar-refractivity contribution >= 4 is 0 Å². The van der Waals surface area contributed by atoms with Crippen molar-refractivity contribution in [1.82, 2.24) is 0 Å². The minimum Gasteiger partial charge on any atom is -0.493 e. The van der Waals surface area contributed by atoms with E-state index in [9.17, 15) is 0 Å². The highest BCUT2D eigenvalue weighted by molar-refractivity contribution is 5.25. The number of hydrogen-bond acceptors (Lipinski definition) is 2. The molecular weight excluding hydrogens is 176 g/mol. The van der Waals surface area contributed by atoms with Crippen LogP contribution in [0.2, 0.25) is 0 Å². The van der Waals surface area contributed by atoms with E-state index in [0.717, 1.165) is 17.9 Å². The van der Waals surface area contributed by atoms with Crippen molar-refractivity contribution in [3.63, 3.8) is 0 Å². The molecule has 14 heavy (non-hydrogen) atoms. The molecule has 0 amide bonds. The van der Waals surface area contributed by atoms with Crippen LogP contribution in [0.3, 0.4) is 0 Å². The van der Waals surface area contributed by atoms with Gasteiger partial charge in [-0.3, -0.25) is 0 Å². The molecule has 2 aromatic rings. The lowest BCUT2D eigenvalue weighted by Crippen LogP contribution is -1.84. The Kier molecular flexibility index (Phi) is 2.54. The summed E-state index contributed by atoms with van der Waals surface area (Å²) < 4.78 is 10.4. The van der Waals surface area contributed by atoms with Crippen molar-refractivity contribution in [2.24, 2.45) is 0 Å². The fraction of sp³-hybridized carbons (Fsp3) is 0.167. The number of methoxy groups -OCH3 is 1. The maximum Gasteiger partial charge on any atom is 0.157 e. The van der Waals surface area contributed by atoms with Crippen molar-refractivity contribution in [2.75, 3.05) is 7.11 Å². The van der Waals surface area contributed by atoms with Crippen LogP contribution in [0.1, 0.15) is 11.3 Å². The Labute approximate surface area is 83.1 Å². The first kappa shape index (κ1) is 8.88. The van der Waals surface area contributed by atoms with Crippen LogP contribution in [0.15, 0.2) is 47.1 Å². The fourth-order valence-electron chi connectivity index (χ4n) is 1.36. The van der Waals surface area contributed by atoms with Gasteiger partial charge in [-0.15, -0.1) is 0 Å². The van der Waals surface area contributed by atoms with Crippen LogP contribution in [0.4, 0.5) is 0 Å². The van der Waals surface area contributed by atoms with Gasteiger partial charge in [0.1, 0.15) is 12.0 Å². The maximum absolute atomic E-state index is 5.33. The van der Waals surface area contributed by atoms with Crippen LogP contribution in [0.25, 0.3) is 0 Å². The molecule has 2 rings (SSSR count). The fourth-order valence-corrected chi connectivity index (χ4v) is 1.36.